The average molecular weight is 86.1 g/mol. The summed E-state index contributed by atoms with van der Waals surface area (Å²) in [5, 5.41) is 14.6. The molecular weight excluding hydrogens is 79.0 g/mol. The molecule has 0 radical (unpaired) electrons. The van der Waals surface area contributed by atoms with Crippen molar-refractivity contribution in [2.24, 2.45) is 0 Å². The van der Waals surface area contributed by atoms with Crippen LogP contribution < -0.4 is 0 Å². The van der Waals surface area contributed by atoms with Crippen molar-refractivity contribution in [3.63, 3.8) is 0 Å². The van der Waals surface area contributed by atoms with Crippen molar-refractivity contribution in [1.82, 2.24) is 0 Å². The normalized spacial score (nSPS) is 5.00. The quantitative estimate of drug-likeness (QED) is 0.360. The van der Waals surface area contributed by atoms with Crippen molar-refractivity contribution in [2.45, 2.75) is 0 Å². The van der Waals surface area contributed by atoms with Gasteiger partial charge in [0.25, 0.3) is 0 Å². The fraction of sp³-hybridized carbons (Fsp3) is 1.00. The van der Waals surface area contributed by atoms with Crippen molar-refractivity contribution in [3.05, 3.63) is 0 Å². The Morgan fingerprint density at radius 1 is 1.60 bits per heavy atom. The third kappa shape index (κ3) is 49.6. The van der Waals surface area contributed by atoms with E-state index in [4.69, 9.17) is 10.2 Å². The van der Waals surface area contributed by atoms with Gasteiger partial charge in [0.05, 0.1) is 0 Å². The van der Waals surface area contributed by atoms with E-state index in [9.17, 15) is 0 Å². The second-order valence-corrected chi connectivity index (χ2v) is 0.949. The Kier molecular flexibility index (Phi) is 38.3. The van der Waals surface area contributed by atoms with Gasteiger partial charge in [-0.25, -0.2) is 0 Å². The van der Waals surface area contributed by atoms with E-state index in [1.165, 1.54) is 0 Å². The van der Waals surface area contributed by atoms with Gasteiger partial charge in [-0.1, -0.05) is 0 Å². The molecular formula is C2H7NaO2. The van der Waals surface area contributed by atoms with Crippen LogP contribution in [0, 0.1) is 0 Å². The van der Waals surface area contributed by atoms with E-state index in [0.717, 1.165) is 35.0 Å². The van der Waals surface area contributed by atoms with E-state index < -0.39 is 0 Å². The molecule has 0 rings (SSSR count). The Morgan fingerprint density at radius 2 is 1.60 bits per heavy atom. The summed E-state index contributed by atoms with van der Waals surface area (Å²) in [7, 11) is 1.00. The first-order valence-electron chi connectivity index (χ1n) is 1.47. The van der Waals surface area contributed by atoms with Crippen LogP contribution in [0.1, 0.15) is 0 Å². The molecule has 0 aliphatic heterocycles. The standard InChI is InChI=1S/CH4O.CH3O.Na/c2*1-2;/h2H,1H3;2H,1H2;. The predicted octanol–water partition coefficient (Wildman–Crippen LogP) is -1.29. The van der Waals surface area contributed by atoms with Gasteiger partial charge in [0, 0.05) is 7.11 Å². The summed E-state index contributed by atoms with van der Waals surface area (Å²) in [4.78, 5) is 0. The van der Waals surface area contributed by atoms with Gasteiger partial charge in [-0.2, -0.15) is 0 Å². The van der Waals surface area contributed by atoms with Crippen molar-refractivity contribution >= 4 is 27.9 Å². The Morgan fingerprint density at radius 3 is 1.60 bits per heavy atom. The van der Waals surface area contributed by atoms with Crippen LogP contribution >= 0.6 is 0 Å². The Labute approximate surface area is 49.2 Å². The second kappa shape index (κ2) is 20.5. The molecule has 0 aromatic carbocycles. The third-order valence-corrected chi connectivity index (χ3v) is 0. The minimum atomic E-state index is 0.389. The van der Waals surface area contributed by atoms with E-state index >= 15 is 0 Å². The van der Waals surface area contributed by atoms with E-state index in [1.807, 2.05) is 0 Å². The van der Waals surface area contributed by atoms with Crippen molar-refractivity contribution < 1.29 is 10.2 Å². The Hall–Kier alpha value is 0.920. The molecule has 0 aromatic rings. The van der Waals surface area contributed by atoms with Crippen LogP contribution in [-0.4, -0.2) is 49.1 Å². The van der Waals surface area contributed by atoms with E-state index in [0.29, 0.717) is 3.86 Å². The molecule has 0 unspecified atom stereocenters. The topological polar surface area (TPSA) is 40.5 Å². The molecule has 0 spiro atoms. The Balaban J connectivity index is 0. The molecule has 2 N–H and O–H groups in total. The van der Waals surface area contributed by atoms with Crippen LogP contribution in [0.3, 0.4) is 0 Å². The first-order valence-corrected chi connectivity index (χ1v) is 2.88. The first kappa shape index (κ1) is 9.33. The number of rotatable bonds is 0. The van der Waals surface area contributed by atoms with E-state index in [-0.39, 0.29) is 0 Å². The monoisotopic (exact) mass is 86.0 g/mol. The van der Waals surface area contributed by atoms with Crippen LogP contribution in [0.4, 0.5) is 0 Å². The molecule has 5 heavy (non-hydrogen) atoms. The summed E-state index contributed by atoms with van der Waals surface area (Å²) in [6.07, 6.45) is 0. The Bertz CT molecular complexity index is 7.61. The SMILES string of the molecule is CO.O[CH2][Na]. The van der Waals surface area contributed by atoms with Gasteiger partial charge in [0.15, 0.2) is 0 Å². The van der Waals surface area contributed by atoms with Crippen LogP contribution in [0.2, 0.25) is 0 Å². The van der Waals surface area contributed by atoms with Gasteiger partial charge in [0.1, 0.15) is 0 Å². The maximum absolute atomic E-state index is 7.63. The van der Waals surface area contributed by atoms with Crippen LogP contribution in [0.15, 0.2) is 0 Å². The molecule has 0 aliphatic carbocycles. The van der Waals surface area contributed by atoms with Gasteiger partial charge >= 0.3 is 36.9 Å². The molecule has 3 heteroatoms. The van der Waals surface area contributed by atoms with Gasteiger partial charge < -0.3 is 5.11 Å². The van der Waals surface area contributed by atoms with Gasteiger partial charge in [0.2, 0.25) is 0 Å². The molecule has 0 saturated carbocycles. The number of hydrogen-bond acceptors (Lipinski definition) is 2. The second-order valence-electron chi connectivity index (χ2n) is 0.316. The fourth-order valence-corrected chi connectivity index (χ4v) is 0. The van der Waals surface area contributed by atoms with Crippen LogP contribution in [0.5, 0.6) is 0 Å². The molecule has 28 valence electrons. The molecule has 0 amide bonds. The van der Waals surface area contributed by atoms with Gasteiger partial charge in [-0.05, 0) is 0 Å². The van der Waals surface area contributed by atoms with Crippen molar-refractivity contribution in [1.29, 1.82) is 0 Å². The minimum absolute atomic E-state index is 0.389. The molecule has 0 aliphatic rings. The average Bonchev–Trinajstić information content (AvgIpc) is 1.46. The molecule has 0 fully saturated rings. The predicted molar refractivity (Wildman–Crippen MR) is 21.0 cm³/mol. The molecule has 0 bridgehead atoms. The van der Waals surface area contributed by atoms with E-state index in [2.05, 4.69) is 0 Å². The molecule has 2 nitrogen and oxygen atoms in total. The van der Waals surface area contributed by atoms with Gasteiger partial charge in [-0.3, -0.25) is 0 Å². The fourth-order valence-electron chi connectivity index (χ4n) is 0. The summed E-state index contributed by atoms with van der Waals surface area (Å²) in [6, 6.07) is 0. The van der Waals surface area contributed by atoms with Gasteiger partial charge in [-0.15, -0.1) is 0 Å². The number of aliphatic hydroxyl groups is 2. The molecule has 0 heterocycles. The zero-order chi connectivity index (χ0) is 4.71. The summed E-state index contributed by atoms with van der Waals surface area (Å²) < 4.78 is 0.389. The zero-order valence-electron chi connectivity index (χ0n) is 3.60. The first-order chi connectivity index (χ1) is 2.41. The summed E-state index contributed by atoms with van der Waals surface area (Å²) in [5.74, 6) is 0. The maximum atomic E-state index is 7.63. The van der Waals surface area contributed by atoms with Crippen LogP contribution in [0.25, 0.3) is 0 Å². The summed E-state index contributed by atoms with van der Waals surface area (Å²) in [6.45, 7) is 0. The molecule has 0 saturated heterocycles. The van der Waals surface area contributed by atoms with Crippen molar-refractivity contribution in [2.75, 3.05) is 11.0 Å². The number of aliphatic hydroxyl groups excluding tert-OH is 2. The summed E-state index contributed by atoms with van der Waals surface area (Å²) in [5.41, 5.74) is 0. The molecule has 0 atom stereocenters. The van der Waals surface area contributed by atoms with Crippen molar-refractivity contribution in [3.8, 4) is 0 Å². The van der Waals surface area contributed by atoms with Crippen LogP contribution in [-0.2, 0) is 0 Å². The number of hydrogen-bond donors (Lipinski definition) is 2. The summed E-state index contributed by atoms with van der Waals surface area (Å²) >= 11 is 0.924. The third-order valence-electron chi connectivity index (χ3n) is 0. The van der Waals surface area contributed by atoms with E-state index in [1.54, 1.807) is 0 Å². The zero-order valence-corrected chi connectivity index (χ0v) is 5.60. The molecule has 0 aromatic heterocycles.